The van der Waals surface area contributed by atoms with Crippen LogP contribution in [-0.4, -0.2) is 64.4 Å². The fourth-order valence-electron chi connectivity index (χ4n) is 3.66. The van der Waals surface area contributed by atoms with Gasteiger partial charge < -0.3 is 23.9 Å². The minimum absolute atomic E-state index is 0.0223. The van der Waals surface area contributed by atoms with Crippen molar-refractivity contribution in [1.82, 2.24) is 9.88 Å². The van der Waals surface area contributed by atoms with Crippen molar-refractivity contribution in [3.8, 4) is 5.88 Å². The van der Waals surface area contributed by atoms with Gasteiger partial charge >= 0.3 is 12.1 Å². The molecule has 0 bridgehead atoms. The molecule has 4 rings (SSSR count). The van der Waals surface area contributed by atoms with E-state index in [1.807, 2.05) is 4.90 Å². The van der Waals surface area contributed by atoms with Crippen molar-refractivity contribution < 1.29 is 46.1 Å². The highest BCUT2D eigenvalue weighted by molar-refractivity contribution is 5.95. The molecule has 2 aromatic rings. The Morgan fingerprint density at radius 1 is 1.28 bits per heavy atom. The smallest absolute Gasteiger partial charge is 0.475 e. The largest absolute Gasteiger partial charge is 0.490 e. The van der Waals surface area contributed by atoms with Crippen molar-refractivity contribution in [1.29, 1.82) is 0 Å². The number of hydrogen-bond donors (Lipinski definition) is 1. The van der Waals surface area contributed by atoms with Gasteiger partial charge in [0.1, 0.15) is 18.0 Å². The summed E-state index contributed by atoms with van der Waals surface area (Å²) in [5.41, 5.74) is 0.570. The van der Waals surface area contributed by atoms with Crippen LogP contribution in [0.2, 0.25) is 0 Å². The van der Waals surface area contributed by atoms with E-state index in [9.17, 15) is 22.4 Å². The fraction of sp³-hybridized carbons (Fsp3) is 0.450. The molecular weight excluding hydrogens is 440 g/mol. The molecule has 12 heteroatoms. The second kappa shape index (κ2) is 9.55. The van der Waals surface area contributed by atoms with Gasteiger partial charge in [-0.05, 0) is 38.0 Å². The molecule has 0 unspecified atom stereocenters. The number of fused-ring (bicyclic) bond motifs is 1. The van der Waals surface area contributed by atoms with Gasteiger partial charge in [-0.1, -0.05) is 0 Å². The Morgan fingerprint density at radius 3 is 2.59 bits per heavy atom. The lowest BCUT2D eigenvalue weighted by Crippen LogP contribution is -2.54. The van der Waals surface area contributed by atoms with Crippen molar-refractivity contribution >= 4 is 11.9 Å². The minimum atomic E-state index is -5.08. The zero-order valence-electron chi connectivity index (χ0n) is 16.8. The van der Waals surface area contributed by atoms with Crippen molar-refractivity contribution in [3.63, 3.8) is 0 Å². The second-order valence-corrected chi connectivity index (χ2v) is 7.12. The quantitative estimate of drug-likeness (QED) is 0.702. The van der Waals surface area contributed by atoms with Crippen LogP contribution in [0.3, 0.4) is 0 Å². The van der Waals surface area contributed by atoms with Crippen LogP contribution in [0, 0.1) is 12.7 Å². The van der Waals surface area contributed by atoms with Gasteiger partial charge in [-0.3, -0.25) is 4.79 Å². The average Bonchev–Trinajstić information content (AvgIpc) is 3.35. The molecule has 1 saturated carbocycles. The number of halogens is 4. The number of hydrogen-bond acceptors (Lipinski definition) is 6. The number of carboxylic acid groups (broad SMARTS) is 1. The molecule has 174 valence electrons. The number of nitrogens with zero attached hydrogens (tertiary/aromatic N) is 2. The van der Waals surface area contributed by atoms with Gasteiger partial charge in [0.25, 0.3) is 11.8 Å². The SMILES string of the molecule is Cc1occc1C(=O)N1CCO[C@H]2[C@H](Oc3ncccc3F)CC[C@@H]21.O=C(O)C(F)(F)F. The summed E-state index contributed by atoms with van der Waals surface area (Å²) in [6.45, 7) is 2.72. The Hall–Kier alpha value is -3.15. The zero-order chi connectivity index (χ0) is 23.5. The number of furan rings is 1. The first-order valence-corrected chi connectivity index (χ1v) is 9.63. The zero-order valence-corrected chi connectivity index (χ0v) is 16.8. The maximum Gasteiger partial charge on any atom is 0.490 e. The van der Waals surface area contributed by atoms with E-state index in [1.165, 1.54) is 24.6 Å². The first-order valence-electron chi connectivity index (χ1n) is 9.63. The van der Waals surface area contributed by atoms with Crippen LogP contribution >= 0.6 is 0 Å². The molecule has 8 nitrogen and oxygen atoms in total. The summed E-state index contributed by atoms with van der Waals surface area (Å²) < 4.78 is 62.4. The maximum absolute atomic E-state index is 13.8. The van der Waals surface area contributed by atoms with Gasteiger partial charge in [0.15, 0.2) is 5.82 Å². The van der Waals surface area contributed by atoms with Crippen molar-refractivity contribution in [2.45, 2.75) is 44.2 Å². The Kier molecular flexibility index (Phi) is 7.02. The minimum Gasteiger partial charge on any atom is -0.475 e. The molecule has 1 amide bonds. The molecule has 3 heterocycles. The van der Waals surface area contributed by atoms with E-state index in [0.717, 1.165) is 6.42 Å². The highest BCUT2D eigenvalue weighted by atomic mass is 19.4. The number of alkyl halides is 3. The topological polar surface area (TPSA) is 102 Å². The van der Waals surface area contributed by atoms with E-state index in [0.29, 0.717) is 30.9 Å². The fourth-order valence-corrected chi connectivity index (χ4v) is 3.66. The van der Waals surface area contributed by atoms with Crippen molar-refractivity contribution in [2.24, 2.45) is 0 Å². The summed E-state index contributed by atoms with van der Waals surface area (Å²) in [5.74, 6) is -2.73. The highest BCUT2D eigenvalue weighted by Crippen LogP contribution is 2.34. The third kappa shape index (κ3) is 5.18. The standard InChI is InChI=1S/C18H19FN2O4.C2HF3O2/c1-11-12(6-9-23-11)18(22)21-8-10-24-16-14(21)4-5-15(16)25-17-13(19)3-2-7-20-17;3-2(4,5)1(6)7/h2-3,6-7,9,14-16H,4-5,8,10H2,1H3;(H,6,7)/t14-,15+,16+;/m0./s1. The molecule has 2 aliphatic rings. The number of aryl methyl sites for hydroxylation is 1. The van der Waals surface area contributed by atoms with Gasteiger partial charge in [-0.2, -0.15) is 13.2 Å². The van der Waals surface area contributed by atoms with E-state index in [4.69, 9.17) is 23.8 Å². The Labute approximate surface area is 179 Å². The molecular formula is C20H20F4N2O6. The summed E-state index contributed by atoms with van der Waals surface area (Å²) in [6.07, 6.45) is -1.26. The van der Waals surface area contributed by atoms with E-state index < -0.39 is 18.0 Å². The Morgan fingerprint density at radius 2 is 2.00 bits per heavy atom. The third-order valence-corrected chi connectivity index (χ3v) is 5.12. The van der Waals surface area contributed by atoms with Crippen LogP contribution in [0.5, 0.6) is 5.88 Å². The summed E-state index contributed by atoms with van der Waals surface area (Å²) >= 11 is 0. The molecule has 0 radical (unpaired) electrons. The summed E-state index contributed by atoms with van der Waals surface area (Å²) in [6, 6.07) is 4.43. The molecule has 1 N–H and O–H groups in total. The molecule has 0 spiro atoms. The number of aliphatic carboxylic acids is 1. The predicted octanol–water partition coefficient (Wildman–Crippen LogP) is 3.21. The van der Waals surface area contributed by atoms with Crippen LogP contribution in [0.25, 0.3) is 0 Å². The van der Waals surface area contributed by atoms with E-state index in [1.54, 1.807) is 13.0 Å². The van der Waals surface area contributed by atoms with E-state index in [-0.39, 0.29) is 30.0 Å². The normalized spacial score (nSPS) is 22.5. The first-order chi connectivity index (χ1) is 15.1. The van der Waals surface area contributed by atoms with Crippen LogP contribution in [0.1, 0.15) is 29.0 Å². The molecule has 1 saturated heterocycles. The Bertz CT molecular complexity index is 964. The number of carbonyl (C=O) groups excluding carboxylic acids is 1. The lowest BCUT2D eigenvalue weighted by Gasteiger charge is -2.38. The van der Waals surface area contributed by atoms with Crippen LogP contribution < -0.4 is 4.74 Å². The van der Waals surface area contributed by atoms with Crippen molar-refractivity contribution in [3.05, 3.63) is 47.8 Å². The van der Waals surface area contributed by atoms with E-state index in [2.05, 4.69) is 4.98 Å². The number of amides is 1. The maximum atomic E-state index is 13.8. The number of carboxylic acids is 1. The molecule has 1 aliphatic carbocycles. The number of aromatic nitrogens is 1. The molecule has 2 fully saturated rings. The average molecular weight is 460 g/mol. The summed E-state index contributed by atoms with van der Waals surface area (Å²) in [7, 11) is 0. The highest BCUT2D eigenvalue weighted by Gasteiger charge is 2.46. The monoisotopic (exact) mass is 460 g/mol. The molecule has 0 aromatic carbocycles. The molecule has 1 aliphatic heterocycles. The number of carbonyl (C=O) groups is 2. The lowest BCUT2D eigenvalue weighted by molar-refractivity contribution is -0.192. The number of ether oxygens (including phenoxy) is 2. The number of pyridine rings is 1. The van der Waals surface area contributed by atoms with Gasteiger partial charge in [0.05, 0.1) is 24.5 Å². The van der Waals surface area contributed by atoms with Gasteiger partial charge in [0.2, 0.25) is 0 Å². The summed E-state index contributed by atoms with van der Waals surface area (Å²) in [4.78, 5) is 27.5. The summed E-state index contributed by atoms with van der Waals surface area (Å²) in [5, 5.41) is 7.12. The van der Waals surface area contributed by atoms with Gasteiger partial charge in [-0.25, -0.2) is 14.2 Å². The molecule has 2 aromatic heterocycles. The van der Waals surface area contributed by atoms with Crippen LogP contribution in [0.4, 0.5) is 17.6 Å². The van der Waals surface area contributed by atoms with Crippen LogP contribution in [0.15, 0.2) is 35.1 Å². The van der Waals surface area contributed by atoms with Gasteiger partial charge in [0, 0.05) is 12.7 Å². The molecule has 32 heavy (non-hydrogen) atoms. The predicted molar refractivity (Wildman–Crippen MR) is 99.5 cm³/mol. The number of rotatable bonds is 3. The molecule has 3 atom stereocenters. The van der Waals surface area contributed by atoms with Gasteiger partial charge in [-0.15, -0.1) is 0 Å². The number of morpholine rings is 1. The van der Waals surface area contributed by atoms with Crippen molar-refractivity contribution in [2.75, 3.05) is 13.2 Å². The Balaban J connectivity index is 0.000000360. The van der Waals surface area contributed by atoms with E-state index >= 15 is 0 Å². The van der Waals surface area contributed by atoms with Crippen LogP contribution in [-0.2, 0) is 9.53 Å². The third-order valence-electron chi connectivity index (χ3n) is 5.12. The second-order valence-electron chi connectivity index (χ2n) is 7.12. The lowest BCUT2D eigenvalue weighted by atomic mass is 10.1. The first kappa shape index (κ1) is 23.5.